The van der Waals surface area contributed by atoms with Crippen LogP contribution in [-0.4, -0.2) is 52.9 Å². The second-order valence-electron chi connectivity index (χ2n) is 4.22. The highest BCUT2D eigenvalue weighted by Crippen LogP contribution is 2.01. The lowest BCUT2D eigenvalue weighted by atomic mass is 10.2. The van der Waals surface area contributed by atoms with E-state index in [4.69, 9.17) is 18.9 Å². The number of ether oxygens (including phenoxy) is 4. The van der Waals surface area contributed by atoms with Crippen molar-refractivity contribution in [3.63, 3.8) is 0 Å². The number of hydrogen-bond acceptors (Lipinski definition) is 4. The summed E-state index contributed by atoms with van der Waals surface area (Å²) in [5.41, 5.74) is 0. The minimum absolute atomic E-state index is 0.0726. The Kier molecular flexibility index (Phi) is 14.8. The highest BCUT2D eigenvalue weighted by molar-refractivity contribution is 4.55. The van der Waals surface area contributed by atoms with Crippen LogP contribution in [0.2, 0.25) is 0 Å². The lowest BCUT2D eigenvalue weighted by Gasteiger charge is -2.16. The summed E-state index contributed by atoms with van der Waals surface area (Å²) in [6.07, 6.45) is 4.74. The van der Waals surface area contributed by atoms with Crippen LogP contribution in [0.4, 0.5) is 0 Å². The van der Waals surface area contributed by atoms with E-state index in [0.29, 0.717) is 19.8 Å². The smallest absolute Gasteiger partial charge is 0.104 e. The first-order valence-electron chi connectivity index (χ1n) is 7.11. The third kappa shape index (κ3) is 12.3. The van der Waals surface area contributed by atoms with Crippen LogP contribution in [0.25, 0.3) is 0 Å². The molecule has 0 aromatic heterocycles. The lowest BCUT2D eigenvalue weighted by Crippen LogP contribution is -2.26. The SMILES string of the molecule is CCOCC(COCCCCCCOC)OCC. The number of unbranched alkanes of at least 4 members (excludes halogenated alkanes) is 3. The van der Waals surface area contributed by atoms with E-state index < -0.39 is 0 Å². The summed E-state index contributed by atoms with van der Waals surface area (Å²) in [5.74, 6) is 0. The largest absolute Gasteiger partial charge is 0.385 e. The van der Waals surface area contributed by atoms with Gasteiger partial charge < -0.3 is 18.9 Å². The third-order valence-corrected chi connectivity index (χ3v) is 2.60. The summed E-state index contributed by atoms with van der Waals surface area (Å²) in [7, 11) is 1.75. The van der Waals surface area contributed by atoms with Gasteiger partial charge in [0.1, 0.15) is 6.10 Å². The summed E-state index contributed by atoms with van der Waals surface area (Å²) < 4.78 is 21.5. The summed E-state index contributed by atoms with van der Waals surface area (Å²) in [5, 5.41) is 0. The Morgan fingerprint density at radius 1 is 0.778 bits per heavy atom. The van der Waals surface area contributed by atoms with E-state index in [1.54, 1.807) is 7.11 Å². The fraction of sp³-hybridized carbons (Fsp3) is 1.00. The number of hydrogen-bond donors (Lipinski definition) is 0. The van der Waals surface area contributed by atoms with Gasteiger partial charge in [-0.25, -0.2) is 0 Å². The van der Waals surface area contributed by atoms with Gasteiger partial charge in [0.15, 0.2) is 0 Å². The van der Waals surface area contributed by atoms with Crippen molar-refractivity contribution >= 4 is 0 Å². The molecule has 0 aliphatic carbocycles. The fourth-order valence-corrected chi connectivity index (χ4v) is 1.65. The van der Waals surface area contributed by atoms with Gasteiger partial charge in [0.05, 0.1) is 13.2 Å². The zero-order valence-corrected chi connectivity index (χ0v) is 12.3. The van der Waals surface area contributed by atoms with Crippen LogP contribution >= 0.6 is 0 Å². The molecular weight excluding hydrogens is 232 g/mol. The standard InChI is InChI=1S/C14H30O4/c1-4-16-12-14(18-5-2)13-17-11-9-7-6-8-10-15-3/h14H,4-13H2,1-3H3. The third-order valence-electron chi connectivity index (χ3n) is 2.60. The van der Waals surface area contributed by atoms with Crippen LogP contribution in [0.5, 0.6) is 0 Å². The first-order chi connectivity index (χ1) is 8.85. The average molecular weight is 262 g/mol. The fourth-order valence-electron chi connectivity index (χ4n) is 1.65. The zero-order valence-electron chi connectivity index (χ0n) is 12.3. The molecule has 4 heteroatoms. The highest BCUT2D eigenvalue weighted by Gasteiger charge is 2.08. The predicted molar refractivity (Wildman–Crippen MR) is 73.1 cm³/mol. The molecular formula is C14H30O4. The van der Waals surface area contributed by atoms with Gasteiger partial charge in [-0.05, 0) is 26.7 Å². The van der Waals surface area contributed by atoms with Crippen molar-refractivity contribution in [1.29, 1.82) is 0 Å². The quantitative estimate of drug-likeness (QED) is 0.451. The Morgan fingerprint density at radius 2 is 1.44 bits per heavy atom. The van der Waals surface area contributed by atoms with Gasteiger partial charge in [0.2, 0.25) is 0 Å². The van der Waals surface area contributed by atoms with Crippen LogP contribution in [0.15, 0.2) is 0 Å². The van der Waals surface area contributed by atoms with Crippen molar-refractivity contribution < 1.29 is 18.9 Å². The van der Waals surface area contributed by atoms with Crippen molar-refractivity contribution in [3.05, 3.63) is 0 Å². The minimum atomic E-state index is 0.0726. The molecule has 0 amide bonds. The first-order valence-corrected chi connectivity index (χ1v) is 7.11. The van der Waals surface area contributed by atoms with E-state index in [0.717, 1.165) is 32.7 Å². The van der Waals surface area contributed by atoms with E-state index in [1.807, 2.05) is 13.8 Å². The molecule has 0 aromatic rings. The summed E-state index contributed by atoms with van der Waals surface area (Å²) in [6.45, 7) is 8.34. The maximum atomic E-state index is 5.62. The zero-order chi connectivity index (χ0) is 13.5. The molecule has 0 aromatic carbocycles. The van der Waals surface area contributed by atoms with Gasteiger partial charge in [-0.1, -0.05) is 12.8 Å². The Hall–Kier alpha value is -0.160. The van der Waals surface area contributed by atoms with Crippen molar-refractivity contribution in [2.24, 2.45) is 0 Å². The molecule has 0 saturated heterocycles. The second kappa shape index (κ2) is 14.9. The van der Waals surface area contributed by atoms with Crippen LogP contribution in [0.1, 0.15) is 39.5 Å². The Morgan fingerprint density at radius 3 is 2.06 bits per heavy atom. The molecule has 0 rings (SSSR count). The molecule has 4 nitrogen and oxygen atoms in total. The molecule has 0 spiro atoms. The van der Waals surface area contributed by atoms with Crippen LogP contribution < -0.4 is 0 Å². The van der Waals surface area contributed by atoms with Gasteiger partial charge in [-0.3, -0.25) is 0 Å². The molecule has 110 valence electrons. The van der Waals surface area contributed by atoms with Gasteiger partial charge >= 0.3 is 0 Å². The predicted octanol–water partition coefficient (Wildman–Crippen LogP) is 2.65. The maximum absolute atomic E-state index is 5.62. The highest BCUT2D eigenvalue weighted by atomic mass is 16.6. The normalized spacial score (nSPS) is 12.8. The van der Waals surface area contributed by atoms with Crippen molar-refractivity contribution in [2.45, 2.75) is 45.6 Å². The Balaban J connectivity index is 3.31. The van der Waals surface area contributed by atoms with E-state index in [-0.39, 0.29) is 6.10 Å². The van der Waals surface area contributed by atoms with E-state index >= 15 is 0 Å². The molecule has 0 bridgehead atoms. The van der Waals surface area contributed by atoms with Gasteiger partial charge in [-0.15, -0.1) is 0 Å². The molecule has 0 aliphatic heterocycles. The molecule has 0 N–H and O–H groups in total. The van der Waals surface area contributed by atoms with E-state index in [2.05, 4.69) is 0 Å². The van der Waals surface area contributed by atoms with Crippen LogP contribution in [0, 0.1) is 0 Å². The van der Waals surface area contributed by atoms with Gasteiger partial charge in [-0.2, -0.15) is 0 Å². The average Bonchev–Trinajstić information content (AvgIpc) is 2.39. The van der Waals surface area contributed by atoms with Crippen molar-refractivity contribution in [2.75, 3.05) is 46.8 Å². The summed E-state index contributed by atoms with van der Waals surface area (Å²) in [4.78, 5) is 0. The minimum Gasteiger partial charge on any atom is -0.385 e. The Labute approximate surface area is 112 Å². The van der Waals surface area contributed by atoms with E-state index in [9.17, 15) is 0 Å². The molecule has 0 radical (unpaired) electrons. The molecule has 0 aliphatic rings. The van der Waals surface area contributed by atoms with Gasteiger partial charge in [0, 0.05) is 33.5 Å². The molecule has 0 saturated carbocycles. The molecule has 18 heavy (non-hydrogen) atoms. The molecule has 1 atom stereocenters. The van der Waals surface area contributed by atoms with Crippen molar-refractivity contribution in [3.8, 4) is 0 Å². The topological polar surface area (TPSA) is 36.9 Å². The monoisotopic (exact) mass is 262 g/mol. The summed E-state index contributed by atoms with van der Waals surface area (Å²) >= 11 is 0. The lowest BCUT2D eigenvalue weighted by molar-refractivity contribution is -0.0548. The van der Waals surface area contributed by atoms with Gasteiger partial charge in [0.25, 0.3) is 0 Å². The Bertz CT molecular complexity index is 153. The van der Waals surface area contributed by atoms with E-state index in [1.165, 1.54) is 12.8 Å². The second-order valence-corrected chi connectivity index (χ2v) is 4.22. The summed E-state index contributed by atoms with van der Waals surface area (Å²) in [6, 6.07) is 0. The molecule has 1 unspecified atom stereocenters. The van der Waals surface area contributed by atoms with Crippen molar-refractivity contribution in [1.82, 2.24) is 0 Å². The molecule has 0 heterocycles. The maximum Gasteiger partial charge on any atom is 0.104 e. The molecule has 0 fully saturated rings. The number of rotatable bonds is 14. The number of methoxy groups -OCH3 is 1. The van der Waals surface area contributed by atoms with Crippen LogP contribution in [-0.2, 0) is 18.9 Å². The first kappa shape index (κ1) is 17.8. The van der Waals surface area contributed by atoms with Crippen LogP contribution in [0.3, 0.4) is 0 Å².